The molecule has 156 valence electrons. The van der Waals surface area contributed by atoms with Gasteiger partial charge in [0.15, 0.2) is 6.61 Å². The van der Waals surface area contributed by atoms with E-state index in [4.69, 9.17) is 9.47 Å². The first-order valence-electron chi connectivity index (χ1n) is 8.61. The Morgan fingerprint density at radius 3 is 2.34 bits per heavy atom. The number of aromatic amines is 1. The van der Waals surface area contributed by atoms with Crippen LogP contribution in [0.5, 0.6) is 0 Å². The molecule has 10 heteroatoms. The van der Waals surface area contributed by atoms with Gasteiger partial charge in [-0.2, -0.15) is 8.78 Å². The van der Waals surface area contributed by atoms with Crippen LogP contribution in [0.4, 0.5) is 14.5 Å². The van der Waals surface area contributed by atoms with Crippen molar-refractivity contribution in [2.24, 2.45) is 0 Å². The summed E-state index contributed by atoms with van der Waals surface area (Å²) in [6, 6.07) is 5.82. The quantitative estimate of drug-likeness (QED) is 0.491. The van der Waals surface area contributed by atoms with Crippen LogP contribution in [0.15, 0.2) is 29.2 Å². The van der Waals surface area contributed by atoms with Gasteiger partial charge < -0.3 is 19.8 Å². The van der Waals surface area contributed by atoms with Crippen molar-refractivity contribution in [1.82, 2.24) is 4.98 Å². The van der Waals surface area contributed by atoms with Gasteiger partial charge in [-0.05, 0) is 50.6 Å². The monoisotopic (exact) mass is 426 g/mol. The number of esters is 2. The molecule has 7 nitrogen and oxygen atoms in total. The van der Waals surface area contributed by atoms with E-state index in [0.717, 1.165) is 0 Å². The predicted molar refractivity (Wildman–Crippen MR) is 103 cm³/mol. The van der Waals surface area contributed by atoms with Crippen LogP contribution in [-0.2, 0) is 14.3 Å². The molecule has 1 amide bonds. The van der Waals surface area contributed by atoms with E-state index in [2.05, 4.69) is 10.3 Å². The highest BCUT2D eigenvalue weighted by Gasteiger charge is 2.24. The van der Waals surface area contributed by atoms with Gasteiger partial charge in [0.1, 0.15) is 5.69 Å². The number of hydrogen-bond donors (Lipinski definition) is 2. The Bertz CT molecular complexity index is 897. The van der Waals surface area contributed by atoms with E-state index in [-0.39, 0.29) is 17.9 Å². The van der Waals surface area contributed by atoms with Gasteiger partial charge in [0, 0.05) is 16.3 Å². The van der Waals surface area contributed by atoms with E-state index in [0.29, 0.717) is 33.6 Å². The fourth-order valence-corrected chi connectivity index (χ4v) is 3.08. The normalized spacial score (nSPS) is 10.7. The Balaban J connectivity index is 1.94. The molecule has 0 fully saturated rings. The molecule has 0 saturated carbocycles. The summed E-state index contributed by atoms with van der Waals surface area (Å²) in [4.78, 5) is 39.3. The molecular weight excluding hydrogens is 406 g/mol. The maximum atomic E-state index is 12.3. The van der Waals surface area contributed by atoms with Crippen molar-refractivity contribution >= 4 is 35.3 Å². The van der Waals surface area contributed by atoms with Crippen molar-refractivity contribution in [2.45, 2.75) is 31.4 Å². The van der Waals surface area contributed by atoms with Gasteiger partial charge in [-0.15, -0.1) is 0 Å². The highest BCUT2D eigenvalue weighted by molar-refractivity contribution is 7.99. The number of nitrogens with one attached hydrogen (secondary N) is 2. The standard InChI is InChI=1S/C19H20F2N2O5S/c1-4-27-17(25)15-10(2)16(22-11(15)3)18(26)28-9-14(24)23-12-5-7-13(8-6-12)29-19(20)21/h5-8,19,22H,4,9H2,1-3H3,(H,23,24). The van der Waals surface area contributed by atoms with Gasteiger partial charge in [-0.1, -0.05) is 11.8 Å². The fraction of sp³-hybridized carbons (Fsp3) is 0.316. The minimum atomic E-state index is -2.53. The zero-order valence-electron chi connectivity index (χ0n) is 16.0. The molecule has 1 aromatic carbocycles. The number of ether oxygens (including phenoxy) is 2. The van der Waals surface area contributed by atoms with Gasteiger partial charge in [0.25, 0.3) is 11.7 Å². The lowest BCUT2D eigenvalue weighted by molar-refractivity contribution is -0.119. The van der Waals surface area contributed by atoms with E-state index in [9.17, 15) is 23.2 Å². The number of halogens is 2. The van der Waals surface area contributed by atoms with Crippen molar-refractivity contribution < 1.29 is 32.6 Å². The number of carbonyl (C=O) groups is 3. The lowest BCUT2D eigenvalue weighted by atomic mass is 10.1. The van der Waals surface area contributed by atoms with Crippen molar-refractivity contribution in [3.63, 3.8) is 0 Å². The van der Waals surface area contributed by atoms with Gasteiger partial charge in [-0.3, -0.25) is 4.79 Å². The Morgan fingerprint density at radius 1 is 1.10 bits per heavy atom. The first kappa shape index (κ1) is 22.4. The molecule has 0 aliphatic heterocycles. The summed E-state index contributed by atoms with van der Waals surface area (Å²) in [5.74, 6) is -4.47. The number of carbonyl (C=O) groups excluding carboxylic acids is 3. The molecule has 0 atom stereocenters. The summed E-state index contributed by atoms with van der Waals surface area (Å²) in [7, 11) is 0. The maximum Gasteiger partial charge on any atom is 0.355 e. The molecule has 1 aromatic heterocycles. The van der Waals surface area contributed by atoms with Crippen LogP contribution in [0.1, 0.15) is 39.0 Å². The van der Waals surface area contributed by atoms with Gasteiger partial charge in [0.2, 0.25) is 0 Å². The van der Waals surface area contributed by atoms with E-state index in [1.54, 1.807) is 20.8 Å². The molecule has 0 bridgehead atoms. The minimum Gasteiger partial charge on any atom is -0.462 e. The topological polar surface area (TPSA) is 97.5 Å². The average Bonchev–Trinajstić information content (AvgIpc) is 2.95. The summed E-state index contributed by atoms with van der Waals surface area (Å²) >= 11 is 0.395. The molecule has 0 aliphatic rings. The molecule has 2 aromatic rings. The highest BCUT2D eigenvalue weighted by atomic mass is 32.2. The molecule has 0 aliphatic carbocycles. The Morgan fingerprint density at radius 2 is 1.76 bits per heavy atom. The number of benzene rings is 1. The second kappa shape index (κ2) is 10.1. The van der Waals surface area contributed by atoms with Crippen molar-refractivity contribution in [1.29, 1.82) is 0 Å². The largest absolute Gasteiger partial charge is 0.462 e. The third-order valence-electron chi connectivity index (χ3n) is 3.82. The molecular formula is C19H20F2N2O5S. The molecule has 2 N–H and O–H groups in total. The highest BCUT2D eigenvalue weighted by Crippen LogP contribution is 2.26. The second-order valence-corrected chi connectivity index (χ2v) is 6.94. The average molecular weight is 426 g/mol. The molecule has 0 spiro atoms. The zero-order chi connectivity index (χ0) is 21.6. The fourth-order valence-electron chi connectivity index (χ4n) is 2.58. The van der Waals surface area contributed by atoms with Gasteiger partial charge in [0.05, 0.1) is 12.2 Å². The summed E-state index contributed by atoms with van der Waals surface area (Å²) in [5.41, 5.74) is 1.52. The Labute approximate surface area is 170 Å². The SMILES string of the molecule is CCOC(=O)c1c(C)[nH]c(C(=O)OCC(=O)Nc2ccc(SC(F)F)cc2)c1C. The summed E-state index contributed by atoms with van der Waals surface area (Å²) < 4.78 is 34.6. The molecule has 0 saturated heterocycles. The number of H-pyrrole nitrogens is 1. The van der Waals surface area contributed by atoms with Gasteiger partial charge >= 0.3 is 11.9 Å². The van der Waals surface area contributed by atoms with Crippen LogP contribution in [0, 0.1) is 13.8 Å². The number of aromatic nitrogens is 1. The number of thioether (sulfide) groups is 1. The smallest absolute Gasteiger partial charge is 0.355 e. The van der Waals surface area contributed by atoms with Crippen molar-refractivity contribution in [3.05, 3.63) is 46.8 Å². The molecule has 1 heterocycles. The predicted octanol–water partition coefficient (Wildman–Crippen LogP) is 3.92. The zero-order valence-corrected chi connectivity index (χ0v) is 16.8. The first-order chi connectivity index (χ1) is 13.7. The summed E-state index contributed by atoms with van der Waals surface area (Å²) in [6.45, 7) is 4.52. The van der Waals surface area contributed by atoms with Crippen LogP contribution in [0.2, 0.25) is 0 Å². The maximum absolute atomic E-state index is 12.3. The minimum absolute atomic E-state index is 0.0618. The number of anilines is 1. The lowest BCUT2D eigenvalue weighted by Crippen LogP contribution is -2.21. The number of alkyl halides is 2. The Kier molecular flexibility index (Phi) is 7.77. The van der Waals surface area contributed by atoms with E-state index >= 15 is 0 Å². The van der Waals surface area contributed by atoms with Crippen LogP contribution >= 0.6 is 11.8 Å². The number of amides is 1. The van der Waals surface area contributed by atoms with Crippen LogP contribution in [-0.4, -0.2) is 41.8 Å². The van der Waals surface area contributed by atoms with Crippen LogP contribution in [0.25, 0.3) is 0 Å². The second-order valence-electron chi connectivity index (χ2n) is 5.87. The summed E-state index contributed by atoms with van der Waals surface area (Å²) in [5, 5.41) is 2.50. The van der Waals surface area contributed by atoms with Gasteiger partial charge in [-0.25, -0.2) is 9.59 Å². The first-order valence-corrected chi connectivity index (χ1v) is 9.49. The Hall–Kier alpha value is -2.88. The van der Waals surface area contributed by atoms with E-state index in [1.165, 1.54) is 24.3 Å². The molecule has 0 unspecified atom stereocenters. The third-order valence-corrected chi connectivity index (χ3v) is 4.54. The summed E-state index contributed by atoms with van der Waals surface area (Å²) in [6.07, 6.45) is 0. The van der Waals surface area contributed by atoms with Crippen molar-refractivity contribution in [2.75, 3.05) is 18.5 Å². The van der Waals surface area contributed by atoms with Crippen LogP contribution < -0.4 is 5.32 Å². The number of aryl methyl sites for hydroxylation is 1. The molecule has 0 radical (unpaired) electrons. The number of rotatable bonds is 8. The third kappa shape index (κ3) is 6.05. The lowest BCUT2D eigenvalue weighted by Gasteiger charge is -2.07. The van der Waals surface area contributed by atoms with Crippen LogP contribution in [0.3, 0.4) is 0 Å². The molecule has 2 rings (SSSR count). The van der Waals surface area contributed by atoms with Crippen molar-refractivity contribution in [3.8, 4) is 0 Å². The number of hydrogen-bond acceptors (Lipinski definition) is 6. The molecule has 29 heavy (non-hydrogen) atoms. The van der Waals surface area contributed by atoms with E-state index in [1.807, 2.05) is 0 Å². The van der Waals surface area contributed by atoms with E-state index < -0.39 is 30.2 Å².